The first-order chi connectivity index (χ1) is 9.15. The second-order valence-corrected chi connectivity index (χ2v) is 4.49. The monoisotopic (exact) mass is 315 g/mol. The summed E-state index contributed by atoms with van der Waals surface area (Å²) in [5, 5.41) is 0.491. The number of benzene rings is 2. The smallest absolute Gasteiger partial charge is 0.123 e. The lowest BCUT2D eigenvalue weighted by Crippen LogP contribution is -2.01. The van der Waals surface area contributed by atoms with Crippen LogP contribution in [0.15, 0.2) is 36.4 Å². The van der Waals surface area contributed by atoms with Crippen LogP contribution in [0.1, 0.15) is 12.5 Å². The Kier molecular flexibility index (Phi) is 6.27. The first kappa shape index (κ1) is 16.8. The standard InChI is InChI=1S/C15H15ClFNO.ClH/c1-2-19-12-5-3-10(9-18)13(8-12)14-7-11(17)4-6-15(14)16;/h3-8H,2,9,18H2,1H3;1H. The van der Waals surface area contributed by atoms with E-state index in [0.29, 0.717) is 23.7 Å². The van der Waals surface area contributed by atoms with Crippen LogP contribution in [0.3, 0.4) is 0 Å². The van der Waals surface area contributed by atoms with E-state index in [9.17, 15) is 4.39 Å². The molecule has 2 rings (SSSR count). The summed E-state index contributed by atoms with van der Waals surface area (Å²) in [6.45, 7) is 2.83. The van der Waals surface area contributed by atoms with Crippen molar-refractivity contribution in [2.75, 3.05) is 6.61 Å². The van der Waals surface area contributed by atoms with E-state index in [4.69, 9.17) is 22.1 Å². The van der Waals surface area contributed by atoms with Crippen molar-refractivity contribution in [3.8, 4) is 16.9 Å². The van der Waals surface area contributed by atoms with E-state index in [1.165, 1.54) is 12.1 Å². The van der Waals surface area contributed by atoms with Gasteiger partial charge in [-0.2, -0.15) is 0 Å². The molecule has 0 amide bonds. The fourth-order valence-corrected chi connectivity index (χ4v) is 2.16. The van der Waals surface area contributed by atoms with Crippen LogP contribution in [0.5, 0.6) is 5.75 Å². The Morgan fingerprint density at radius 1 is 1.15 bits per heavy atom. The molecule has 0 aliphatic heterocycles. The van der Waals surface area contributed by atoms with Gasteiger partial charge in [-0.05, 0) is 48.4 Å². The minimum absolute atomic E-state index is 0. The molecule has 0 atom stereocenters. The Morgan fingerprint density at radius 2 is 1.90 bits per heavy atom. The van der Waals surface area contributed by atoms with Crippen molar-refractivity contribution in [3.05, 3.63) is 52.8 Å². The first-order valence-electron chi connectivity index (χ1n) is 6.07. The van der Waals surface area contributed by atoms with E-state index >= 15 is 0 Å². The summed E-state index contributed by atoms with van der Waals surface area (Å²) in [6, 6.07) is 9.85. The lowest BCUT2D eigenvalue weighted by molar-refractivity contribution is 0.340. The summed E-state index contributed by atoms with van der Waals surface area (Å²) in [6.07, 6.45) is 0. The zero-order chi connectivity index (χ0) is 13.8. The van der Waals surface area contributed by atoms with Gasteiger partial charge in [-0.15, -0.1) is 12.4 Å². The van der Waals surface area contributed by atoms with Crippen LogP contribution in [-0.4, -0.2) is 6.61 Å². The van der Waals surface area contributed by atoms with Crippen LogP contribution in [0.4, 0.5) is 4.39 Å². The molecule has 0 aliphatic rings. The van der Waals surface area contributed by atoms with Crippen LogP contribution in [-0.2, 0) is 6.54 Å². The second kappa shape index (κ2) is 7.48. The third-order valence-electron chi connectivity index (χ3n) is 2.83. The molecule has 2 N–H and O–H groups in total. The highest BCUT2D eigenvalue weighted by Crippen LogP contribution is 2.33. The van der Waals surface area contributed by atoms with Crippen molar-refractivity contribution in [3.63, 3.8) is 0 Å². The van der Waals surface area contributed by atoms with Gasteiger partial charge in [0.15, 0.2) is 0 Å². The van der Waals surface area contributed by atoms with Gasteiger partial charge in [-0.25, -0.2) is 4.39 Å². The highest BCUT2D eigenvalue weighted by Gasteiger charge is 2.10. The molecule has 0 fully saturated rings. The summed E-state index contributed by atoms with van der Waals surface area (Å²) in [5.74, 6) is 0.388. The lowest BCUT2D eigenvalue weighted by Gasteiger charge is -2.12. The summed E-state index contributed by atoms with van der Waals surface area (Å²) in [7, 11) is 0. The molecule has 0 radical (unpaired) electrons. The molecule has 20 heavy (non-hydrogen) atoms. The summed E-state index contributed by atoms with van der Waals surface area (Å²) >= 11 is 6.14. The van der Waals surface area contributed by atoms with Crippen molar-refractivity contribution < 1.29 is 9.13 Å². The van der Waals surface area contributed by atoms with Crippen LogP contribution >= 0.6 is 24.0 Å². The largest absolute Gasteiger partial charge is 0.494 e. The van der Waals surface area contributed by atoms with E-state index in [-0.39, 0.29) is 18.2 Å². The van der Waals surface area contributed by atoms with E-state index in [0.717, 1.165) is 16.9 Å². The molecule has 0 heterocycles. The van der Waals surface area contributed by atoms with Crippen LogP contribution in [0, 0.1) is 5.82 Å². The van der Waals surface area contributed by atoms with E-state index in [1.807, 2.05) is 25.1 Å². The topological polar surface area (TPSA) is 35.2 Å². The lowest BCUT2D eigenvalue weighted by atomic mass is 9.99. The molecule has 5 heteroatoms. The predicted octanol–water partition coefficient (Wildman–Crippen LogP) is 4.43. The van der Waals surface area contributed by atoms with Crippen LogP contribution < -0.4 is 10.5 Å². The zero-order valence-corrected chi connectivity index (χ0v) is 12.6. The van der Waals surface area contributed by atoms with Crippen molar-refractivity contribution in [2.45, 2.75) is 13.5 Å². The maximum Gasteiger partial charge on any atom is 0.123 e. The van der Waals surface area contributed by atoms with Crippen molar-refractivity contribution in [2.24, 2.45) is 5.73 Å². The third kappa shape index (κ3) is 3.63. The molecule has 2 nitrogen and oxygen atoms in total. The molecule has 0 unspecified atom stereocenters. The SMILES string of the molecule is CCOc1ccc(CN)c(-c2cc(F)ccc2Cl)c1.Cl. The normalized spacial score (nSPS) is 10.0. The number of ether oxygens (including phenoxy) is 1. The minimum Gasteiger partial charge on any atom is -0.494 e. The van der Waals surface area contributed by atoms with E-state index in [1.54, 1.807) is 6.07 Å². The fourth-order valence-electron chi connectivity index (χ4n) is 1.94. The Morgan fingerprint density at radius 3 is 2.55 bits per heavy atom. The van der Waals surface area contributed by atoms with Crippen LogP contribution in [0.25, 0.3) is 11.1 Å². The minimum atomic E-state index is -0.329. The van der Waals surface area contributed by atoms with Gasteiger partial charge in [-0.1, -0.05) is 17.7 Å². The molecule has 0 spiro atoms. The van der Waals surface area contributed by atoms with E-state index < -0.39 is 0 Å². The molecule has 108 valence electrons. The maximum atomic E-state index is 13.4. The van der Waals surface area contributed by atoms with Crippen molar-refractivity contribution >= 4 is 24.0 Å². The Balaban J connectivity index is 0.00000200. The van der Waals surface area contributed by atoms with Gasteiger partial charge in [0.05, 0.1) is 6.61 Å². The zero-order valence-electron chi connectivity index (χ0n) is 11.0. The summed E-state index contributed by atoms with van der Waals surface area (Å²) in [5.41, 5.74) is 8.05. The Bertz CT molecular complexity index is 590. The molecular formula is C15H16Cl2FNO. The number of rotatable bonds is 4. The van der Waals surface area contributed by atoms with Gasteiger partial charge in [0.1, 0.15) is 11.6 Å². The molecule has 0 saturated heterocycles. The van der Waals surface area contributed by atoms with Crippen molar-refractivity contribution in [1.82, 2.24) is 0 Å². The quantitative estimate of drug-likeness (QED) is 0.906. The van der Waals surface area contributed by atoms with Gasteiger partial charge in [0.2, 0.25) is 0 Å². The Hall–Kier alpha value is -1.29. The average Bonchev–Trinajstić information content (AvgIpc) is 2.42. The third-order valence-corrected chi connectivity index (χ3v) is 3.16. The van der Waals surface area contributed by atoms with E-state index in [2.05, 4.69) is 0 Å². The van der Waals surface area contributed by atoms with Crippen LogP contribution in [0.2, 0.25) is 5.02 Å². The molecule has 0 bridgehead atoms. The molecule has 0 saturated carbocycles. The summed E-state index contributed by atoms with van der Waals surface area (Å²) in [4.78, 5) is 0. The highest BCUT2D eigenvalue weighted by atomic mass is 35.5. The predicted molar refractivity (Wildman–Crippen MR) is 83.2 cm³/mol. The van der Waals surface area contributed by atoms with Gasteiger partial charge in [0.25, 0.3) is 0 Å². The number of halogens is 3. The fraction of sp³-hybridized carbons (Fsp3) is 0.200. The molecule has 2 aromatic rings. The van der Waals surface area contributed by atoms with Gasteiger partial charge in [-0.3, -0.25) is 0 Å². The number of hydrogen-bond acceptors (Lipinski definition) is 2. The number of hydrogen-bond donors (Lipinski definition) is 1. The van der Waals surface area contributed by atoms with Crippen molar-refractivity contribution in [1.29, 1.82) is 0 Å². The molecule has 0 aromatic heterocycles. The second-order valence-electron chi connectivity index (χ2n) is 4.08. The Labute approximate surface area is 129 Å². The molecule has 2 aromatic carbocycles. The number of nitrogens with two attached hydrogens (primary N) is 1. The first-order valence-corrected chi connectivity index (χ1v) is 6.44. The average molecular weight is 316 g/mol. The highest BCUT2D eigenvalue weighted by molar-refractivity contribution is 6.33. The molecule has 0 aliphatic carbocycles. The van der Waals surface area contributed by atoms with Gasteiger partial charge >= 0.3 is 0 Å². The maximum absolute atomic E-state index is 13.4. The van der Waals surface area contributed by atoms with Gasteiger partial charge < -0.3 is 10.5 Å². The summed E-state index contributed by atoms with van der Waals surface area (Å²) < 4.78 is 18.9. The van der Waals surface area contributed by atoms with Gasteiger partial charge in [0, 0.05) is 17.1 Å². The molecular weight excluding hydrogens is 300 g/mol.